The Kier molecular flexibility index (Phi) is 4.88. The van der Waals surface area contributed by atoms with E-state index in [-0.39, 0.29) is 0 Å². The molecule has 2 aromatic carbocycles. The summed E-state index contributed by atoms with van der Waals surface area (Å²) in [6.45, 7) is 2.09. The van der Waals surface area contributed by atoms with Crippen molar-refractivity contribution in [1.82, 2.24) is 4.68 Å². The van der Waals surface area contributed by atoms with Gasteiger partial charge in [-0.05, 0) is 24.6 Å². The van der Waals surface area contributed by atoms with E-state index in [1.165, 1.54) is 5.56 Å². The summed E-state index contributed by atoms with van der Waals surface area (Å²) in [6.07, 6.45) is 1.85. The van der Waals surface area contributed by atoms with Gasteiger partial charge >= 0.3 is 0 Å². The van der Waals surface area contributed by atoms with Crippen molar-refractivity contribution >= 4 is 33.5 Å². The van der Waals surface area contributed by atoms with Crippen molar-refractivity contribution < 1.29 is 0 Å². The number of rotatable bonds is 3. The van der Waals surface area contributed by atoms with Crippen LogP contribution in [-0.2, 0) is 0 Å². The van der Waals surface area contributed by atoms with Gasteiger partial charge in [-0.2, -0.15) is 5.10 Å². The van der Waals surface area contributed by atoms with Gasteiger partial charge in [0.15, 0.2) is 0 Å². The molecule has 0 aliphatic carbocycles. The number of aryl methyl sites for hydroxylation is 1. The zero-order valence-electron chi connectivity index (χ0n) is 12.9. The molecule has 5 heteroatoms. The number of thiazole rings is 1. The van der Waals surface area contributed by atoms with E-state index in [0.29, 0.717) is 0 Å². The third kappa shape index (κ3) is 3.68. The average Bonchev–Trinajstić information content (AvgIpc) is 2.98. The first kappa shape index (κ1) is 15.9. The minimum Gasteiger partial charge on any atom is -0.261 e. The second-order valence-corrected chi connectivity index (χ2v) is 6.85. The van der Waals surface area contributed by atoms with Crippen LogP contribution in [0.1, 0.15) is 11.1 Å². The topological polar surface area (TPSA) is 29.6 Å². The highest BCUT2D eigenvalue weighted by Gasteiger charge is 2.06. The zero-order chi connectivity index (χ0) is 16.2. The molecule has 23 heavy (non-hydrogen) atoms. The highest BCUT2D eigenvalue weighted by Crippen LogP contribution is 2.20. The Labute approximate surface area is 147 Å². The Morgan fingerprint density at radius 2 is 1.74 bits per heavy atom. The summed E-state index contributed by atoms with van der Waals surface area (Å²) in [4.78, 5) is 5.19. The number of hydrogen-bond donors (Lipinski definition) is 0. The second-order valence-electron chi connectivity index (χ2n) is 5.10. The number of halogens is 1. The van der Waals surface area contributed by atoms with Gasteiger partial charge < -0.3 is 0 Å². The highest BCUT2D eigenvalue weighted by atomic mass is 79.9. The van der Waals surface area contributed by atoms with Crippen LogP contribution in [0.3, 0.4) is 0 Å². The van der Waals surface area contributed by atoms with E-state index >= 15 is 0 Å². The van der Waals surface area contributed by atoms with Gasteiger partial charge in [-0.25, -0.2) is 4.68 Å². The standard InChI is InChI=1S/C18H16BrN3S/c1-13-3-7-15(8-4-13)17-12-23-18(20-2)22(17)21-11-14-5-9-16(19)10-6-14/h3-12H,1-2H3/b20-18?,21-11+. The van der Waals surface area contributed by atoms with Crippen LogP contribution in [0.25, 0.3) is 11.3 Å². The highest BCUT2D eigenvalue weighted by molar-refractivity contribution is 9.10. The summed E-state index contributed by atoms with van der Waals surface area (Å²) in [7, 11) is 1.79. The SMILES string of the molecule is CN=c1scc(-c2ccc(C)cc2)n1/N=C/c1ccc(Br)cc1. The molecule has 0 atom stereocenters. The van der Waals surface area contributed by atoms with Crippen molar-refractivity contribution in [2.45, 2.75) is 6.92 Å². The van der Waals surface area contributed by atoms with Crippen LogP contribution in [0.4, 0.5) is 0 Å². The minimum atomic E-state index is 0.869. The van der Waals surface area contributed by atoms with Crippen molar-refractivity contribution in [1.29, 1.82) is 0 Å². The normalized spacial score (nSPS) is 12.2. The molecule has 0 aliphatic rings. The van der Waals surface area contributed by atoms with E-state index in [4.69, 9.17) is 0 Å². The molecule has 0 saturated heterocycles. The van der Waals surface area contributed by atoms with E-state index in [0.717, 1.165) is 26.1 Å². The van der Waals surface area contributed by atoms with Gasteiger partial charge in [0.05, 0.1) is 11.9 Å². The first-order valence-corrected chi connectivity index (χ1v) is 8.85. The largest absolute Gasteiger partial charge is 0.261 e. The van der Waals surface area contributed by atoms with Crippen molar-refractivity contribution in [3.63, 3.8) is 0 Å². The number of benzene rings is 2. The first-order chi connectivity index (χ1) is 11.2. The molecule has 0 amide bonds. The monoisotopic (exact) mass is 385 g/mol. The van der Waals surface area contributed by atoms with E-state index < -0.39 is 0 Å². The summed E-state index contributed by atoms with van der Waals surface area (Å²) >= 11 is 5.03. The molecule has 116 valence electrons. The minimum absolute atomic E-state index is 0.869. The lowest BCUT2D eigenvalue weighted by Gasteiger charge is -2.04. The summed E-state index contributed by atoms with van der Waals surface area (Å²) < 4.78 is 2.94. The van der Waals surface area contributed by atoms with E-state index in [1.54, 1.807) is 18.4 Å². The summed E-state index contributed by atoms with van der Waals surface area (Å²) in [6, 6.07) is 16.5. The van der Waals surface area contributed by atoms with E-state index in [9.17, 15) is 0 Å². The quantitative estimate of drug-likeness (QED) is 0.584. The predicted octanol–water partition coefficient (Wildman–Crippen LogP) is 4.70. The lowest BCUT2D eigenvalue weighted by atomic mass is 10.1. The number of aromatic nitrogens is 1. The Morgan fingerprint density at radius 3 is 2.39 bits per heavy atom. The van der Waals surface area contributed by atoms with Crippen LogP contribution < -0.4 is 4.80 Å². The smallest absolute Gasteiger partial charge is 0.205 e. The van der Waals surface area contributed by atoms with Crippen molar-refractivity contribution in [3.05, 3.63) is 74.3 Å². The molecule has 1 heterocycles. The molecule has 3 rings (SSSR count). The molecular weight excluding hydrogens is 370 g/mol. The molecule has 3 nitrogen and oxygen atoms in total. The molecular formula is C18H16BrN3S. The molecule has 3 aromatic rings. The van der Waals surface area contributed by atoms with Crippen LogP contribution in [-0.4, -0.2) is 17.9 Å². The van der Waals surface area contributed by atoms with Gasteiger partial charge in [0, 0.05) is 22.5 Å². The Morgan fingerprint density at radius 1 is 1.04 bits per heavy atom. The van der Waals surface area contributed by atoms with Gasteiger partial charge in [0.1, 0.15) is 0 Å². The average molecular weight is 386 g/mol. The van der Waals surface area contributed by atoms with E-state index in [2.05, 4.69) is 62.6 Å². The van der Waals surface area contributed by atoms with E-state index in [1.807, 2.05) is 35.2 Å². The molecule has 0 N–H and O–H groups in total. The Bertz CT molecular complexity index is 887. The Balaban J connectivity index is 2.02. The molecule has 0 aliphatic heterocycles. The lowest BCUT2D eigenvalue weighted by molar-refractivity contribution is 0.848. The maximum absolute atomic E-state index is 4.63. The van der Waals surface area contributed by atoms with Crippen LogP contribution >= 0.6 is 27.3 Å². The first-order valence-electron chi connectivity index (χ1n) is 7.18. The molecule has 0 unspecified atom stereocenters. The molecule has 0 saturated carbocycles. The predicted molar refractivity (Wildman–Crippen MR) is 101 cm³/mol. The van der Waals surface area contributed by atoms with Crippen molar-refractivity contribution in [2.24, 2.45) is 10.1 Å². The van der Waals surface area contributed by atoms with Crippen LogP contribution in [0.15, 0.2) is 68.5 Å². The third-order valence-electron chi connectivity index (χ3n) is 3.42. The summed E-state index contributed by atoms with van der Waals surface area (Å²) in [5, 5.41) is 6.72. The molecule has 0 spiro atoms. The van der Waals surface area contributed by atoms with Crippen molar-refractivity contribution in [3.8, 4) is 11.3 Å². The fourth-order valence-electron chi connectivity index (χ4n) is 2.16. The molecule has 0 radical (unpaired) electrons. The lowest BCUT2D eigenvalue weighted by Crippen LogP contribution is -2.11. The second kappa shape index (κ2) is 7.06. The zero-order valence-corrected chi connectivity index (χ0v) is 15.3. The van der Waals surface area contributed by atoms with Gasteiger partial charge in [-0.1, -0.05) is 57.9 Å². The molecule has 0 fully saturated rings. The molecule has 1 aromatic heterocycles. The number of nitrogens with zero attached hydrogens (tertiary/aromatic N) is 3. The van der Waals surface area contributed by atoms with Crippen LogP contribution in [0, 0.1) is 6.92 Å². The van der Waals surface area contributed by atoms with Gasteiger partial charge in [0.2, 0.25) is 4.80 Å². The maximum Gasteiger partial charge on any atom is 0.205 e. The molecule has 0 bridgehead atoms. The summed E-state index contributed by atoms with van der Waals surface area (Å²) in [5.41, 5.74) is 4.47. The fourth-order valence-corrected chi connectivity index (χ4v) is 3.23. The number of hydrogen-bond acceptors (Lipinski definition) is 3. The Hall–Kier alpha value is -1.98. The van der Waals surface area contributed by atoms with Crippen LogP contribution in [0.2, 0.25) is 0 Å². The van der Waals surface area contributed by atoms with Gasteiger partial charge in [0.25, 0.3) is 0 Å². The fraction of sp³-hybridized carbons (Fsp3) is 0.111. The maximum atomic E-state index is 4.63. The van der Waals surface area contributed by atoms with Gasteiger partial charge in [-0.15, -0.1) is 11.3 Å². The summed E-state index contributed by atoms with van der Waals surface area (Å²) in [5.74, 6) is 0. The van der Waals surface area contributed by atoms with Gasteiger partial charge in [-0.3, -0.25) is 4.99 Å². The van der Waals surface area contributed by atoms with Crippen molar-refractivity contribution in [2.75, 3.05) is 7.05 Å². The van der Waals surface area contributed by atoms with Crippen LogP contribution in [0.5, 0.6) is 0 Å². The third-order valence-corrected chi connectivity index (χ3v) is 4.85.